The van der Waals surface area contributed by atoms with E-state index in [0.717, 1.165) is 0 Å². The maximum Gasteiger partial charge on any atom is 0.335 e. The van der Waals surface area contributed by atoms with Gasteiger partial charge in [-0.2, -0.15) is 5.10 Å². The van der Waals surface area contributed by atoms with Crippen LogP contribution < -0.4 is 21.1 Å². The number of primary amides is 1. The number of imidazole rings is 1. The van der Waals surface area contributed by atoms with Crippen molar-refractivity contribution in [2.24, 2.45) is 5.73 Å². The van der Waals surface area contributed by atoms with Crippen LogP contribution in [0.4, 0.5) is 5.95 Å². The molecule has 2 aromatic heterocycles. The molecule has 13 nitrogen and oxygen atoms in total. The van der Waals surface area contributed by atoms with E-state index in [9.17, 15) is 24.3 Å². The minimum Gasteiger partial charge on any atom is -0.494 e. The molecule has 13 heteroatoms. The van der Waals surface area contributed by atoms with Crippen LogP contribution in [-0.4, -0.2) is 61.8 Å². The Bertz CT molecular complexity index is 1640. The molecule has 0 saturated carbocycles. The van der Waals surface area contributed by atoms with Gasteiger partial charge in [0.05, 0.1) is 30.3 Å². The number of hydrogen-bond acceptors (Lipinski definition) is 7. The van der Waals surface area contributed by atoms with Gasteiger partial charge in [-0.25, -0.2) is 9.78 Å². The molecule has 0 aliphatic rings. The lowest BCUT2D eigenvalue weighted by Gasteiger charge is -2.13. The monoisotopic (exact) mass is 561 g/mol. The van der Waals surface area contributed by atoms with Crippen LogP contribution >= 0.6 is 0 Å². The highest BCUT2D eigenvalue weighted by Gasteiger charge is 2.21. The topological polar surface area (TPSA) is 183 Å². The van der Waals surface area contributed by atoms with Crippen LogP contribution in [-0.2, 0) is 24.3 Å². The number of aromatic carboxylic acids is 1. The Kier molecular flexibility index (Phi) is 8.66. The van der Waals surface area contributed by atoms with Crippen molar-refractivity contribution in [3.63, 3.8) is 0 Å². The van der Waals surface area contributed by atoms with Crippen LogP contribution in [0.2, 0.25) is 0 Å². The first-order chi connectivity index (χ1) is 19.6. The largest absolute Gasteiger partial charge is 0.494 e. The molecule has 0 fully saturated rings. The second kappa shape index (κ2) is 12.3. The number of rotatable bonds is 12. The Morgan fingerprint density at radius 2 is 1.88 bits per heavy atom. The van der Waals surface area contributed by atoms with Crippen molar-refractivity contribution in [3.05, 3.63) is 70.5 Å². The van der Waals surface area contributed by atoms with Gasteiger partial charge in [-0.05, 0) is 50.1 Å². The number of methoxy groups -OCH3 is 1. The van der Waals surface area contributed by atoms with Gasteiger partial charge in [-0.1, -0.05) is 18.2 Å². The van der Waals surface area contributed by atoms with Gasteiger partial charge < -0.3 is 25.5 Å². The van der Waals surface area contributed by atoms with E-state index < -0.39 is 17.8 Å². The lowest BCUT2D eigenvalue weighted by molar-refractivity contribution is -0.120. The zero-order chi connectivity index (χ0) is 29.7. The van der Waals surface area contributed by atoms with Crippen LogP contribution in [0.25, 0.3) is 11.0 Å². The van der Waals surface area contributed by atoms with Gasteiger partial charge in [0.15, 0.2) is 0 Å². The van der Waals surface area contributed by atoms with Gasteiger partial charge >= 0.3 is 5.97 Å². The summed E-state index contributed by atoms with van der Waals surface area (Å²) in [6, 6.07) is 11.1. The lowest BCUT2D eigenvalue weighted by atomic mass is 10.0. The van der Waals surface area contributed by atoms with Crippen molar-refractivity contribution in [1.29, 1.82) is 0 Å². The molecule has 0 spiro atoms. The summed E-state index contributed by atoms with van der Waals surface area (Å²) in [5.74, 6) is -1.93. The molecule has 0 bridgehead atoms. The summed E-state index contributed by atoms with van der Waals surface area (Å²) in [5.41, 5.74) is 8.17. The van der Waals surface area contributed by atoms with E-state index in [1.165, 1.54) is 25.3 Å². The predicted molar refractivity (Wildman–Crippen MR) is 150 cm³/mol. The summed E-state index contributed by atoms with van der Waals surface area (Å²) in [5, 5.41) is 19.3. The summed E-state index contributed by atoms with van der Waals surface area (Å²) in [6.07, 6.45) is 0.361. The molecule has 0 radical (unpaired) electrons. The van der Waals surface area contributed by atoms with Gasteiger partial charge in [-0.3, -0.25) is 24.4 Å². The second-order valence-corrected chi connectivity index (χ2v) is 9.28. The quantitative estimate of drug-likeness (QED) is 0.190. The predicted octanol–water partition coefficient (Wildman–Crippen LogP) is 2.37. The Hall–Kier alpha value is -5.20. The Morgan fingerprint density at radius 1 is 1.12 bits per heavy atom. The molecular formula is C28H31N7O6. The summed E-state index contributed by atoms with van der Waals surface area (Å²) >= 11 is 0. The third-order valence-corrected chi connectivity index (χ3v) is 6.45. The molecule has 0 atom stereocenters. The fourth-order valence-electron chi connectivity index (χ4n) is 4.56. The first kappa shape index (κ1) is 28.8. The summed E-state index contributed by atoms with van der Waals surface area (Å²) in [6.45, 7) is 4.76. The SMILES string of the molecule is CCn1nc(C)cc1C(=O)Nc1nc2cc(C(N)=O)cc(OC)c2n1CCCNC(=O)Cc1ccccc1C(=O)O. The molecule has 3 amide bonds. The molecular weight excluding hydrogens is 530 g/mol. The van der Waals surface area contributed by atoms with Crippen molar-refractivity contribution in [1.82, 2.24) is 24.6 Å². The molecule has 2 aromatic carbocycles. The highest BCUT2D eigenvalue weighted by molar-refractivity contribution is 6.04. The Labute approximate surface area is 235 Å². The highest BCUT2D eigenvalue weighted by Crippen LogP contribution is 2.31. The van der Waals surface area contributed by atoms with E-state index in [0.29, 0.717) is 53.2 Å². The number of anilines is 1. The maximum atomic E-state index is 13.2. The molecule has 41 heavy (non-hydrogen) atoms. The number of carboxylic acid groups (broad SMARTS) is 1. The van der Waals surface area contributed by atoms with Gasteiger partial charge in [0.1, 0.15) is 17.0 Å². The first-order valence-corrected chi connectivity index (χ1v) is 12.9. The minimum atomic E-state index is -1.10. The number of aryl methyl sites for hydroxylation is 3. The number of carbonyl (C=O) groups excluding carboxylic acids is 3. The number of carbonyl (C=O) groups is 4. The van der Waals surface area contributed by atoms with E-state index >= 15 is 0 Å². The van der Waals surface area contributed by atoms with Crippen molar-refractivity contribution in [3.8, 4) is 5.75 Å². The second-order valence-electron chi connectivity index (χ2n) is 9.28. The molecule has 4 aromatic rings. The Balaban J connectivity index is 1.56. The van der Waals surface area contributed by atoms with E-state index in [1.807, 2.05) is 6.92 Å². The number of ether oxygens (including phenoxy) is 1. The van der Waals surface area contributed by atoms with Crippen LogP contribution in [0.15, 0.2) is 42.5 Å². The van der Waals surface area contributed by atoms with Gasteiger partial charge in [0.2, 0.25) is 17.8 Å². The molecule has 0 unspecified atom stereocenters. The van der Waals surface area contributed by atoms with Crippen molar-refractivity contribution in [2.45, 2.75) is 39.8 Å². The molecule has 2 heterocycles. The number of benzene rings is 2. The van der Waals surface area contributed by atoms with Crippen LogP contribution in [0, 0.1) is 6.92 Å². The molecule has 214 valence electrons. The molecule has 0 aliphatic heterocycles. The van der Waals surface area contributed by atoms with E-state index in [1.54, 1.807) is 40.4 Å². The molecule has 5 N–H and O–H groups in total. The molecule has 4 rings (SSSR count). The first-order valence-electron chi connectivity index (χ1n) is 12.9. The van der Waals surface area contributed by atoms with Crippen LogP contribution in [0.5, 0.6) is 5.75 Å². The van der Waals surface area contributed by atoms with E-state index in [-0.39, 0.29) is 35.9 Å². The van der Waals surface area contributed by atoms with Gasteiger partial charge in [0, 0.05) is 25.2 Å². The number of nitrogens with one attached hydrogen (secondary N) is 2. The zero-order valence-electron chi connectivity index (χ0n) is 22.9. The van der Waals surface area contributed by atoms with Crippen LogP contribution in [0.1, 0.15) is 55.8 Å². The number of nitrogens with two attached hydrogens (primary N) is 1. The lowest BCUT2D eigenvalue weighted by Crippen LogP contribution is -2.27. The van der Waals surface area contributed by atoms with Crippen molar-refractivity contribution < 1.29 is 29.0 Å². The molecule has 0 aliphatic carbocycles. The number of aromatic nitrogens is 4. The fourth-order valence-corrected chi connectivity index (χ4v) is 4.56. The highest BCUT2D eigenvalue weighted by atomic mass is 16.5. The number of amides is 3. The Morgan fingerprint density at radius 3 is 2.56 bits per heavy atom. The number of nitrogens with zero attached hydrogens (tertiary/aromatic N) is 4. The normalized spacial score (nSPS) is 10.9. The number of hydrogen-bond donors (Lipinski definition) is 4. The third kappa shape index (κ3) is 6.35. The van der Waals surface area contributed by atoms with E-state index in [2.05, 4.69) is 20.7 Å². The zero-order valence-corrected chi connectivity index (χ0v) is 22.9. The van der Waals surface area contributed by atoms with Crippen molar-refractivity contribution in [2.75, 3.05) is 19.0 Å². The average molecular weight is 562 g/mol. The number of carboxylic acids is 1. The standard InChI is InChI=1S/C28H31N7O6/c1-4-35-21(12-16(2)33-35)26(38)32-28-31-20-13-18(25(29)37)14-22(41-3)24(20)34(28)11-7-10-30-23(36)15-17-8-5-6-9-19(17)27(39)40/h5-6,8-9,12-14H,4,7,10-11,15H2,1-3H3,(H2,29,37)(H,30,36)(H,39,40)(H,31,32,38). The number of fused-ring (bicyclic) bond motifs is 1. The average Bonchev–Trinajstić information content (AvgIpc) is 3.50. The maximum absolute atomic E-state index is 13.2. The van der Waals surface area contributed by atoms with E-state index in [4.69, 9.17) is 10.5 Å². The summed E-state index contributed by atoms with van der Waals surface area (Å²) in [7, 11) is 1.45. The van der Waals surface area contributed by atoms with Gasteiger partial charge in [0.25, 0.3) is 5.91 Å². The summed E-state index contributed by atoms with van der Waals surface area (Å²) in [4.78, 5) is 53.6. The third-order valence-electron chi connectivity index (χ3n) is 6.45. The fraction of sp³-hybridized carbons (Fsp3) is 0.286. The molecule has 0 saturated heterocycles. The van der Waals surface area contributed by atoms with Crippen molar-refractivity contribution >= 4 is 40.7 Å². The minimum absolute atomic E-state index is 0.0773. The van der Waals surface area contributed by atoms with Gasteiger partial charge in [-0.15, -0.1) is 0 Å². The van der Waals surface area contributed by atoms with Crippen LogP contribution in [0.3, 0.4) is 0 Å². The summed E-state index contributed by atoms with van der Waals surface area (Å²) < 4.78 is 8.85. The smallest absolute Gasteiger partial charge is 0.335 e.